The van der Waals surface area contributed by atoms with Gasteiger partial charge in [0.2, 0.25) is 5.78 Å². The van der Waals surface area contributed by atoms with Crippen LogP contribution in [0.1, 0.15) is 46.5 Å². The van der Waals surface area contributed by atoms with Gasteiger partial charge in [0, 0.05) is 6.20 Å². The zero-order chi connectivity index (χ0) is 13.7. The third-order valence-corrected chi connectivity index (χ3v) is 3.36. The molecule has 1 aromatic heterocycles. The molecule has 0 unspecified atom stereocenters. The Balaban J connectivity index is 2.01. The second-order valence-corrected chi connectivity index (χ2v) is 4.69. The molecule has 0 saturated heterocycles. The summed E-state index contributed by atoms with van der Waals surface area (Å²) in [4.78, 5) is 27.1. The Bertz CT molecular complexity index is 485. The number of carbonyl (C=O) groups excluding carboxylic acids is 2. The summed E-state index contributed by atoms with van der Waals surface area (Å²) in [5.74, 6) is -0.0467. The normalized spacial score (nSPS) is 15.8. The fourth-order valence-electron chi connectivity index (χ4n) is 2.24. The van der Waals surface area contributed by atoms with Crippen LogP contribution in [0.3, 0.4) is 0 Å². The van der Waals surface area contributed by atoms with Crippen LogP contribution in [0.15, 0.2) is 30.5 Å². The number of allylic oxidation sites excluding steroid dienone is 2. The van der Waals surface area contributed by atoms with Crippen molar-refractivity contribution in [3.8, 4) is 0 Å². The van der Waals surface area contributed by atoms with Crippen molar-refractivity contribution in [2.45, 2.75) is 25.7 Å². The maximum atomic E-state index is 11.9. The van der Waals surface area contributed by atoms with Crippen LogP contribution in [0.25, 0.3) is 0 Å². The first-order valence-electron chi connectivity index (χ1n) is 6.47. The van der Waals surface area contributed by atoms with Crippen LogP contribution in [-0.2, 0) is 4.74 Å². The van der Waals surface area contributed by atoms with Gasteiger partial charge in [-0.1, -0.05) is 18.9 Å². The van der Waals surface area contributed by atoms with Gasteiger partial charge in [0.15, 0.2) is 0 Å². The Kier molecular flexibility index (Phi) is 4.44. The summed E-state index contributed by atoms with van der Waals surface area (Å²) < 4.78 is 4.57. The molecular formula is C15H17NO3. The van der Waals surface area contributed by atoms with Gasteiger partial charge in [-0.2, -0.15) is 0 Å². The molecule has 1 aromatic rings. The molecule has 0 atom stereocenters. The molecule has 2 rings (SSSR count). The Hall–Kier alpha value is -1.97. The minimum Gasteiger partial charge on any atom is -0.465 e. The van der Waals surface area contributed by atoms with Gasteiger partial charge in [-0.25, -0.2) is 4.79 Å². The van der Waals surface area contributed by atoms with Gasteiger partial charge in [-0.3, -0.25) is 9.78 Å². The predicted molar refractivity (Wildman–Crippen MR) is 71.0 cm³/mol. The summed E-state index contributed by atoms with van der Waals surface area (Å²) in [6.07, 6.45) is 9.76. The van der Waals surface area contributed by atoms with Gasteiger partial charge in [-0.05, 0) is 37.0 Å². The number of carbonyl (C=O) groups is 2. The monoisotopic (exact) mass is 259 g/mol. The largest absolute Gasteiger partial charge is 0.465 e. The molecule has 19 heavy (non-hydrogen) atoms. The second kappa shape index (κ2) is 6.27. The summed E-state index contributed by atoms with van der Waals surface area (Å²) in [5.41, 5.74) is 0.695. The van der Waals surface area contributed by atoms with E-state index in [9.17, 15) is 9.59 Å². The van der Waals surface area contributed by atoms with E-state index in [1.807, 2.05) is 6.08 Å². The number of esters is 1. The van der Waals surface area contributed by atoms with Crippen molar-refractivity contribution in [3.05, 3.63) is 41.7 Å². The van der Waals surface area contributed by atoms with Crippen LogP contribution in [0, 0.1) is 5.92 Å². The van der Waals surface area contributed by atoms with E-state index in [0.717, 1.165) is 0 Å². The van der Waals surface area contributed by atoms with Crippen LogP contribution in [0.5, 0.6) is 0 Å². The lowest BCUT2D eigenvalue weighted by atomic mass is 10.1. The lowest BCUT2D eigenvalue weighted by Gasteiger charge is -2.01. The fraction of sp³-hybridized carbons (Fsp3) is 0.400. The number of methoxy groups -OCH3 is 1. The fourth-order valence-corrected chi connectivity index (χ4v) is 2.24. The number of hydrogen-bond acceptors (Lipinski definition) is 4. The van der Waals surface area contributed by atoms with Gasteiger partial charge in [0.1, 0.15) is 5.69 Å². The van der Waals surface area contributed by atoms with Crippen molar-refractivity contribution in [2.75, 3.05) is 7.11 Å². The molecule has 0 radical (unpaired) electrons. The number of rotatable bonds is 4. The molecule has 0 aliphatic heterocycles. The van der Waals surface area contributed by atoms with Crippen LogP contribution < -0.4 is 0 Å². The van der Waals surface area contributed by atoms with Gasteiger partial charge < -0.3 is 4.74 Å². The average Bonchev–Trinajstić information content (AvgIpc) is 2.97. The highest BCUT2D eigenvalue weighted by Crippen LogP contribution is 2.25. The first-order chi connectivity index (χ1) is 9.20. The van der Waals surface area contributed by atoms with Gasteiger partial charge in [-0.15, -0.1) is 0 Å². The molecular weight excluding hydrogens is 242 g/mol. The highest BCUT2D eigenvalue weighted by Gasteiger charge is 2.13. The maximum absolute atomic E-state index is 11.9. The van der Waals surface area contributed by atoms with Crippen LogP contribution in [-0.4, -0.2) is 23.8 Å². The summed E-state index contributed by atoms with van der Waals surface area (Å²) in [6.45, 7) is 0. The number of hydrogen-bond donors (Lipinski definition) is 0. The average molecular weight is 259 g/mol. The van der Waals surface area contributed by atoms with Crippen molar-refractivity contribution in [1.29, 1.82) is 0 Å². The summed E-state index contributed by atoms with van der Waals surface area (Å²) >= 11 is 0. The standard InChI is InChI=1S/C15H17NO3/c1-19-15(18)12-7-8-13(16-10-12)14(17)9-6-11-4-2-3-5-11/h6-11H,2-5H2,1H3/b9-6+. The second-order valence-electron chi connectivity index (χ2n) is 4.69. The highest BCUT2D eigenvalue weighted by atomic mass is 16.5. The SMILES string of the molecule is COC(=O)c1ccc(C(=O)/C=C/C2CCCC2)nc1. The molecule has 0 bridgehead atoms. The minimum atomic E-state index is -0.451. The van der Waals surface area contributed by atoms with E-state index in [1.165, 1.54) is 39.0 Å². The zero-order valence-electron chi connectivity index (χ0n) is 11.0. The van der Waals surface area contributed by atoms with E-state index in [4.69, 9.17) is 0 Å². The van der Waals surface area contributed by atoms with E-state index in [-0.39, 0.29) is 5.78 Å². The van der Waals surface area contributed by atoms with Crippen molar-refractivity contribution in [1.82, 2.24) is 4.98 Å². The number of nitrogens with zero attached hydrogens (tertiary/aromatic N) is 1. The van der Waals surface area contributed by atoms with E-state index < -0.39 is 5.97 Å². The van der Waals surface area contributed by atoms with Crippen molar-refractivity contribution < 1.29 is 14.3 Å². The molecule has 1 heterocycles. The van der Waals surface area contributed by atoms with Gasteiger partial charge in [0.25, 0.3) is 0 Å². The molecule has 0 aromatic carbocycles. The minimum absolute atomic E-state index is 0.122. The molecule has 1 fully saturated rings. The first-order valence-corrected chi connectivity index (χ1v) is 6.47. The highest BCUT2D eigenvalue weighted by molar-refractivity contribution is 6.03. The number of ether oxygens (including phenoxy) is 1. The van der Waals surface area contributed by atoms with Crippen LogP contribution >= 0.6 is 0 Å². The molecule has 100 valence electrons. The summed E-state index contributed by atoms with van der Waals surface area (Å²) in [6, 6.07) is 3.10. The number of aromatic nitrogens is 1. The quantitative estimate of drug-likeness (QED) is 0.474. The lowest BCUT2D eigenvalue weighted by Crippen LogP contribution is -2.05. The predicted octanol–water partition coefficient (Wildman–Crippen LogP) is 2.80. The van der Waals surface area contributed by atoms with Gasteiger partial charge >= 0.3 is 5.97 Å². The first kappa shape index (κ1) is 13.5. The van der Waals surface area contributed by atoms with Crippen molar-refractivity contribution in [2.24, 2.45) is 5.92 Å². The Morgan fingerprint density at radius 1 is 1.32 bits per heavy atom. The molecule has 4 heteroatoms. The summed E-state index contributed by atoms with van der Waals surface area (Å²) in [7, 11) is 1.31. The molecule has 4 nitrogen and oxygen atoms in total. The number of pyridine rings is 1. The third-order valence-electron chi connectivity index (χ3n) is 3.36. The number of ketones is 1. The Labute approximate surface area is 112 Å². The van der Waals surface area contributed by atoms with E-state index in [1.54, 1.807) is 18.2 Å². The van der Waals surface area contributed by atoms with E-state index in [2.05, 4.69) is 9.72 Å². The Morgan fingerprint density at radius 3 is 2.63 bits per heavy atom. The summed E-state index contributed by atoms with van der Waals surface area (Å²) in [5, 5.41) is 0. The van der Waals surface area contributed by atoms with E-state index >= 15 is 0 Å². The smallest absolute Gasteiger partial charge is 0.339 e. The molecule has 0 N–H and O–H groups in total. The van der Waals surface area contributed by atoms with Crippen LogP contribution in [0.4, 0.5) is 0 Å². The van der Waals surface area contributed by atoms with Crippen molar-refractivity contribution >= 4 is 11.8 Å². The van der Waals surface area contributed by atoms with E-state index in [0.29, 0.717) is 17.2 Å². The molecule has 0 spiro atoms. The van der Waals surface area contributed by atoms with Crippen molar-refractivity contribution in [3.63, 3.8) is 0 Å². The molecule has 0 amide bonds. The Morgan fingerprint density at radius 2 is 2.05 bits per heavy atom. The zero-order valence-corrected chi connectivity index (χ0v) is 11.0. The molecule has 1 saturated carbocycles. The van der Waals surface area contributed by atoms with Crippen LogP contribution in [0.2, 0.25) is 0 Å². The lowest BCUT2D eigenvalue weighted by molar-refractivity contribution is 0.0600. The van der Waals surface area contributed by atoms with Gasteiger partial charge in [0.05, 0.1) is 12.7 Å². The third kappa shape index (κ3) is 3.50. The maximum Gasteiger partial charge on any atom is 0.339 e. The molecule has 1 aliphatic rings. The molecule has 1 aliphatic carbocycles. The topological polar surface area (TPSA) is 56.3 Å².